The second kappa shape index (κ2) is 6.45. The summed E-state index contributed by atoms with van der Waals surface area (Å²) < 4.78 is 11.0. The highest BCUT2D eigenvalue weighted by atomic mass is 16.5. The van der Waals surface area contributed by atoms with E-state index in [0.717, 1.165) is 25.9 Å². The number of methoxy groups -OCH3 is 1. The van der Waals surface area contributed by atoms with Crippen molar-refractivity contribution in [2.45, 2.75) is 38.5 Å². The van der Waals surface area contributed by atoms with Gasteiger partial charge in [-0.15, -0.1) is 10.2 Å². The zero-order valence-electron chi connectivity index (χ0n) is 12.3. The molecule has 1 fully saturated rings. The van der Waals surface area contributed by atoms with Crippen LogP contribution in [0.15, 0.2) is 4.42 Å². The maximum atomic E-state index is 5.53. The van der Waals surface area contributed by atoms with Crippen LogP contribution in [0.4, 0.5) is 0 Å². The molecule has 6 heteroatoms. The summed E-state index contributed by atoms with van der Waals surface area (Å²) in [4.78, 5) is 4.59. The second-order valence-corrected chi connectivity index (χ2v) is 5.33. The first kappa shape index (κ1) is 14.4. The summed E-state index contributed by atoms with van der Waals surface area (Å²) in [6, 6.07) is 0.531. The number of likely N-dealkylation sites (tertiary alicyclic amines) is 1. The lowest BCUT2D eigenvalue weighted by Crippen LogP contribution is -2.36. The molecule has 108 valence electrons. The van der Waals surface area contributed by atoms with Gasteiger partial charge in [0.2, 0.25) is 11.8 Å². The molecule has 2 rings (SSSR count). The van der Waals surface area contributed by atoms with Crippen molar-refractivity contribution in [3.05, 3.63) is 11.8 Å². The van der Waals surface area contributed by atoms with Gasteiger partial charge in [0.1, 0.15) is 0 Å². The molecule has 6 nitrogen and oxygen atoms in total. The van der Waals surface area contributed by atoms with E-state index in [2.05, 4.69) is 34.1 Å². The lowest BCUT2D eigenvalue weighted by atomic mass is 10.2. The predicted molar refractivity (Wildman–Crippen MR) is 71.8 cm³/mol. The standard InChI is InChI=1S/C13H24N4O2/c1-5-12-14-15-13(19-12)9-16(2)7-10-6-11(18-4)8-17(10)3/h10-11H,5-9H2,1-4H3/t10-,11-/m0/s1. The van der Waals surface area contributed by atoms with E-state index in [1.54, 1.807) is 7.11 Å². The average Bonchev–Trinajstić information content (AvgIpc) is 2.97. The Hall–Kier alpha value is -0.980. The highest BCUT2D eigenvalue weighted by Crippen LogP contribution is 2.19. The summed E-state index contributed by atoms with van der Waals surface area (Å²) in [5, 5.41) is 8.04. The van der Waals surface area contributed by atoms with E-state index in [-0.39, 0.29) is 0 Å². The number of hydrogen-bond donors (Lipinski definition) is 0. The fraction of sp³-hybridized carbons (Fsp3) is 0.846. The fourth-order valence-corrected chi connectivity index (χ4v) is 2.56. The number of rotatable bonds is 6. The average molecular weight is 268 g/mol. The summed E-state index contributed by atoms with van der Waals surface area (Å²) in [6.07, 6.45) is 2.23. The third kappa shape index (κ3) is 3.75. The third-order valence-corrected chi connectivity index (χ3v) is 3.72. The molecule has 0 radical (unpaired) electrons. The van der Waals surface area contributed by atoms with Gasteiger partial charge in [0, 0.05) is 32.7 Å². The van der Waals surface area contributed by atoms with Crippen LogP contribution in [-0.2, 0) is 17.7 Å². The van der Waals surface area contributed by atoms with Crippen molar-refractivity contribution in [3.8, 4) is 0 Å². The molecule has 0 bridgehead atoms. The molecule has 0 unspecified atom stereocenters. The van der Waals surface area contributed by atoms with E-state index >= 15 is 0 Å². The van der Waals surface area contributed by atoms with E-state index in [4.69, 9.17) is 9.15 Å². The van der Waals surface area contributed by atoms with Gasteiger partial charge in [0.15, 0.2) is 0 Å². The molecule has 1 aromatic heterocycles. The topological polar surface area (TPSA) is 54.6 Å². The molecule has 0 aliphatic carbocycles. The summed E-state index contributed by atoms with van der Waals surface area (Å²) in [5.41, 5.74) is 0. The summed E-state index contributed by atoms with van der Waals surface area (Å²) in [5.74, 6) is 1.41. The van der Waals surface area contributed by atoms with Crippen LogP contribution < -0.4 is 0 Å². The molecule has 1 aromatic rings. The number of hydrogen-bond acceptors (Lipinski definition) is 6. The SMILES string of the molecule is CCc1nnc(CN(C)C[C@@H]2C[C@H](OC)CN2C)o1. The Balaban J connectivity index is 1.82. The first-order valence-electron chi connectivity index (χ1n) is 6.85. The molecule has 19 heavy (non-hydrogen) atoms. The molecule has 1 aliphatic rings. The van der Waals surface area contributed by atoms with Crippen LogP contribution >= 0.6 is 0 Å². The third-order valence-electron chi connectivity index (χ3n) is 3.72. The maximum absolute atomic E-state index is 5.53. The first-order valence-corrected chi connectivity index (χ1v) is 6.85. The van der Waals surface area contributed by atoms with Gasteiger partial charge >= 0.3 is 0 Å². The van der Waals surface area contributed by atoms with Crippen LogP contribution in [0.5, 0.6) is 0 Å². The van der Waals surface area contributed by atoms with Crippen LogP contribution in [0.3, 0.4) is 0 Å². The van der Waals surface area contributed by atoms with E-state index in [1.165, 1.54) is 0 Å². The Morgan fingerprint density at radius 1 is 1.42 bits per heavy atom. The van der Waals surface area contributed by atoms with E-state index in [9.17, 15) is 0 Å². The van der Waals surface area contributed by atoms with Crippen molar-refractivity contribution < 1.29 is 9.15 Å². The Morgan fingerprint density at radius 3 is 2.74 bits per heavy atom. The lowest BCUT2D eigenvalue weighted by Gasteiger charge is -2.24. The quantitative estimate of drug-likeness (QED) is 0.760. The summed E-state index contributed by atoms with van der Waals surface area (Å²) in [6.45, 7) is 4.71. The number of likely N-dealkylation sites (N-methyl/N-ethyl adjacent to an activating group) is 2. The number of ether oxygens (including phenoxy) is 1. The van der Waals surface area contributed by atoms with Crippen LogP contribution in [0, 0.1) is 0 Å². The van der Waals surface area contributed by atoms with Gasteiger partial charge in [0.05, 0.1) is 12.6 Å². The maximum Gasteiger partial charge on any atom is 0.230 e. The van der Waals surface area contributed by atoms with Gasteiger partial charge in [-0.05, 0) is 20.5 Å². The summed E-state index contributed by atoms with van der Waals surface area (Å²) in [7, 11) is 6.03. The Kier molecular flexibility index (Phi) is 4.90. The van der Waals surface area contributed by atoms with E-state index in [0.29, 0.717) is 30.5 Å². The largest absolute Gasteiger partial charge is 0.424 e. The molecule has 0 spiro atoms. The number of aromatic nitrogens is 2. The molecule has 2 atom stereocenters. The predicted octanol–water partition coefficient (Wildman–Crippen LogP) is 0.783. The lowest BCUT2D eigenvalue weighted by molar-refractivity contribution is 0.111. The second-order valence-electron chi connectivity index (χ2n) is 5.33. The van der Waals surface area contributed by atoms with Gasteiger partial charge in [-0.1, -0.05) is 6.92 Å². The monoisotopic (exact) mass is 268 g/mol. The van der Waals surface area contributed by atoms with Gasteiger partial charge in [-0.25, -0.2) is 0 Å². The number of aryl methyl sites for hydroxylation is 1. The fourth-order valence-electron chi connectivity index (χ4n) is 2.56. The molecular formula is C13H24N4O2. The molecule has 0 aromatic carbocycles. The minimum atomic E-state index is 0.360. The Bertz CT molecular complexity index is 396. The molecule has 1 saturated heterocycles. The zero-order chi connectivity index (χ0) is 13.8. The Labute approximate surface area is 114 Å². The van der Waals surface area contributed by atoms with Crippen molar-refractivity contribution in [2.75, 3.05) is 34.3 Å². The molecule has 0 N–H and O–H groups in total. The minimum Gasteiger partial charge on any atom is -0.424 e. The molecule has 1 aliphatic heterocycles. The number of nitrogens with zero attached hydrogens (tertiary/aromatic N) is 4. The van der Waals surface area contributed by atoms with Crippen LogP contribution in [-0.4, -0.2) is 66.4 Å². The van der Waals surface area contributed by atoms with Crippen LogP contribution in [0.1, 0.15) is 25.1 Å². The molecule has 0 saturated carbocycles. The van der Waals surface area contributed by atoms with Crippen molar-refractivity contribution in [1.29, 1.82) is 0 Å². The van der Waals surface area contributed by atoms with Gasteiger partial charge in [-0.3, -0.25) is 9.80 Å². The van der Waals surface area contributed by atoms with Gasteiger partial charge in [-0.2, -0.15) is 0 Å². The zero-order valence-corrected chi connectivity index (χ0v) is 12.3. The summed E-state index contributed by atoms with van der Waals surface area (Å²) >= 11 is 0. The van der Waals surface area contributed by atoms with Crippen LogP contribution in [0.25, 0.3) is 0 Å². The normalized spacial score (nSPS) is 24.5. The highest BCUT2D eigenvalue weighted by molar-refractivity contribution is 4.87. The van der Waals surface area contributed by atoms with Gasteiger partial charge < -0.3 is 9.15 Å². The molecule has 2 heterocycles. The van der Waals surface area contributed by atoms with Crippen molar-refractivity contribution in [1.82, 2.24) is 20.0 Å². The van der Waals surface area contributed by atoms with Crippen molar-refractivity contribution >= 4 is 0 Å². The molecular weight excluding hydrogens is 244 g/mol. The van der Waals surface area contributed by atoms with Gasteiger partial charge in [0.25, 0.3) is 0 Å². The minimum absolute atomic E-state index is 0.360. The Morgan fingerprint density at radius 2 is 2.16 bits per heavy atom. The smallest absolute Gasteiger partial charge is 0.230 e. The van der Waals surface area contributed by atoms with E-state index in [1.807, 2.05) is 6.92 Å². The first-order chi connectivity index (χ1) is 9.12. The van der Waals surface area contributed by atoms with Crippen LogP contribution in [0.2, 0.25) is 0 Å². The highest BCUT2D eigenvalue weighted by Gasteiger charge is 2.30. The van der Waals surface area contributed by atoms with Crippen molar-refractivity contribution in [3.63, 3.8) is 0 Å². The molecule has 0 amide bonds. The van der Waals surface area contributed by atoms with Crippen molar-refractivity contribution in [2.24, 2.45) is 0 Å². The van der Waals surface area contributed by atoms with E-state index < -0.39 is 0 Å².